The van der Waals surface area contributed by atoms with Crippen molar-refractivity contribution in [2.45, 2.75) is 0 Å². The standard InChI is InChI=1S/C16H11ClO4/c17-13-6-1-11(2-7-13)3-10-15(18)21-14-8-4-12(5-9-14)16(19)20/h1-10H,(H,19,20)/b10-3+. The lowest BCUT2D eigenvalue weighted by Gasteiger charge is -2.01. The predicted octanol–water partition coefficient (Wildman–Crippen LogP) is 3.66. The number of carbonyl (C=O) groups is 2. The molecule has 1 N–H and O–H groups in total. The van der Waals surface area contributed by atoms with Gasteiger partial charge in [-0.1, -0.05) is 23.7 Å². The zero-order valence-electron chi connectivity index (χ0n) is 10.8. The molecule has 2 aromatic rings. The smallest absolute Gasteiger partial charge is 0.336 e. The molecule has 0 aliphatic heterocycles. The summed E-state index contributed by atoms with van der Waals surface area (Å²) in [4.78, 5) is 22.3. The van der Waals surface area contributed by atoms with Crippen molar-refractivity contribution in [3.05, 3.63) is 70.8 Å². The molecular formula is C16H11ClO4. The molecule has 0 heterocycles. The van der Waals surface area contributed by atoms with E-state index in [0.717, 1.165) is 5.56 Å². The molecule has 0 fully saturated rings. The average molecular weight is 303 g/mol. The molecule has 0 aliphatic carbocycles. The first-order valence-electron chi connectivity index (χ1n) is 6.03. The highest BCUT2D eigenvalue weighted by Crippen LogP contribution is 2.13. The second-order valence-corrected chi connectivity index (χ2v) is 4.57. The number of rotatable bonds is 4. The van der Waals surface area contributed by atoms with Crippen LogP contribution in [0.4, 0.5) is 0 Å². The summed E-state index contributed by atoms with van der Waals surface area (Å²) in [5.74, 6) is -1.30. The normalized spacial score (nSPS) is 10.5. The van der Waals surface area contributed by atoms with Gasteiger partial charge < -0.3 is 9.84 Å². The molecule has 21 heavy (non-hydrogen) atoms. The quantitative estimate of drug-likeness (QED) is 0.532. The van der Waals surface area contributed by atoms with Gasteiger partial charge in [0.2, 0.25) is 0 Å². The van der Waals surface area contributed by atoms with Crippen LogP contribution in [0.25, 0.3) is 6.08 Å². The van der Waals surface area contributed by atoms with E-state index in [1.807, 2.05) is 0 Å². The van der Waals surface area contributed by atoms with Crippen molar-refractivity contribution in [3.63, 3.8) is 0 Å². The van der Waals surface area contributed by atoms with Crippen molar-refractivity contribution >= 4 is 29.6 Å². The van der Waals surface area contributed by atoms with Gasteiger partial charge in [-0.25, -0.2) is 9.59 Å². The Hall–Kier alpha value is -2.59. The zero-order valence-corrected chi connectivity index (χ0v) is 11.6. The Kier molecular flexibility index (Phi) is 4.74. The molecule has 106 valence electrons. The molecule has 0 radical (unpaired) electrons. The fraction of sp³-hybridized carbons (Fsp3) is 0. The summed E-state index contributed by atoms with van der Waals surface area (Å²) < 4.78 is 5.05. The van der Waals surface area contributed by atoms with Crippen LogP contribution >= 0.6 is 11.6 Å². The lowest BCUT2D eigenvalue weighted by molar-refractivity contribution is -0.128. The first kappa shape index (κ1) is 14.8. The average Bonchev–Trinajstić information content (AvgIpc) is 2.47. The van der Waals surface area contributed by atoms with Crippen LogP contribution in [-0.2, 0) is 4.79 Å². The van der Waals surface area contributed by atoms with Gasteiger partial charge in [-0.2, -0.15) is 0 Å². The van der Waals surface area contributed by atoms with Gasteiger partial charge in [0.1, 0.15) is 5.75 Å². The number of aromatic carboxylic acids is 1. The van der Waals surface area contributed by atoms with Gasteiger partial charge in [0.25, 0.3) is 0 Å². The van der Waals surface area contributed by atoms with Crippen LogP contribution in [0.3, 0.4) is 0 Å². The van der Waals surface area contributed by atoms with Gasteiger partial charge in [0.05, 0.1) is 5.56 Å². The van der Waals surface area contributed by atoms with Crippen molar-refractivity contribution in [1.29, 1.82) is 0 Å². The SMILES string of the molecule is O=C(/C=C/c1ccc(Cl)cc1)Oc1ccc(C(=O)O)cc1. The summed E-state index contributed by atoms with van der Waals surface area (Å²) in [6, 6.07) is 12.6. The van der Waals surface area contributed by atoms with E-state index in [1.54, 1.807) is 30.3 Å². The number of esters is 1. The van der Waals surface area contributed by atoms with E-state index in [0.29, 0.717) is 5.02 Å². The number of hydrogen-bond acceptors (Lipinski definition) is 3. The number of carbonyl (C=O) groups excluding carboxylic acids is 1. The minimum atomic E-state index is -1.03. The topological polar surface area (TPSA) is 63.6 Å². The van der Waals surface area contributed by atoms with E-state index in [-0.39, 0.29) is 11.3 Å². The number of ether oxygens (including phenoxy) is 1. The monoisotopic (exact) mass is 302 g/mol. The van der Waals surface area contributed by atoms with Crippen molar-refractivity contribution < 1.29 is 19.4 Å². The van der Waals surface area contributed by atoms with Crippen LogP contribution in [0, 0.1) is 0 Å². The largest absolute Gasteiger partial charge is 0.478 e. The predicted molar refractivity (Wildman–Crippen MR) is 79.5 cm³/mol. The van der Waals surface area contributed by atoms with Crippen LogP contribution in [0.5, 0.6) is 5.75 Å². The molecule has 0 amide bonds. The maximum absolute atomic E-state index is 11.6. The van der Waals surface area contributed by atoms with E-state index in [9.17, 15) is 9.59 Å². The summed E-state index contributed by atoms with van der Waals surface area (Å²) in [5.41, 5.74) is 0.948. The molecule has 5 heteroatoms. The summed E-state index contributed by atoms with van der Waals surface area (Å²) in [6.45, 7) is 0. The van der Waals surface area contributed by atoms with Crippen molar-refractivity contribution in [2.75, 3.05) is 0 Å². The Morgan fingerprint density at radius 1 is 1.00 bits per heavy atom. The number of hydrogen-bond donors (Lipinski definition) is 1. The van der Waals surface area contributed by atoms with E-state index in [2.05, 4.69) is 0 Å². The third-order valence-electron chi connectivity index (χ3n) is 2.60. The second-order valence-electron chi connectivity index (χ2n) is 4.14. The van der Waals surface area contributed by atoms with E-state index < -0.39 is 11.9 Å². The molecule has 0 bridgehead atoms. The van der Waals surface area contributed by atoms with E-state index in [1.165, 1.54) is 30.3 Å². The van der Waals surface area contributed by atoms with Crippen molar-refractivity contribution in [1.82, 2.24) is 0 Å². The Labute approximate surface area is 126 Å². The van der Waals surface area contributed by atoms with Crippen molar-refractivity contribution in [3.8, 4) is 5.75 Å². The van der Waals surface area contributed by atoms with Gasteiger partial charge in [-0.3, -0.25) is 0 Å². The molecule has 2 aromatic carbocycles. The Morgan fingerprint density at radius 2 is 1.62 bits per heavy atom. The molecule has 0 saturated carbocycles. The van der Waals surface area contributed by atoms with E-state index in [4.69, 9.17) is 21.4 Å². The summed E-state index contributed by atoms with van der Waals surface area (Å²) in [7, 11) is 0. The van der Waals surface area contributed by atoms with Crippen LogP contribution in [-0.4, -0.2) is 17.0 Å². The lowest BCUT2D eigenvalue weighted by atomic mass is 10.2. The number of benzene rings is 2. The molecule has 4 nitrogen and oxygen atoms in total. The molecule has 0 saturated heterocycles. The summed E-state index contributed by atoms with van der Waals surface area (Å²) in [5, 5.41) is 9.38. The molecule has 0 aromatic heterocycles. The van der Waals surface area contributed by atoms with E-state index >= 15 is 0 Å². The van der Waals surface area contributed by atoms with Crippen LogP contribution in [0.2, 0.25) is 5.02 Å². The molecular weight excluding hydrogens is 292 g/mol. The molecule has 2 rings (SSSR count). The molecule has 0 atom stereocenters. The lowest BCUT2D eigenvalue weighted by Crippen LogP contribution is -2.04. The fourth-order valence-corrected chi connectivity index (χ4v) is 1.68. The third kappa shape index (κ3) is 4.47. The van der Waals surface area contributed by atoms with Gasteiger partial charge in [0.15, 0.2) is 0 Å². The van der Waals surface area contributed by atoms with Crippen LogP contribution < -0.4 is 4.74 Å². The van der Waals surface area contributed by atoms with Crippen LogP contribution in [0.15, 0.2) is 54.6 Å². The third-order valence-corrected chi connectivity index (χ3v) is 2.85. The molecule has 0 aliphatic rings. The van der Waals surface area contributed by atoms with Crippen molar-refractivity contribution in [2.24, 2.45) is 0 Å². The maximum Gasteiger partial charge on any atom is 0.336 e. The second kappa shape index (κ2) is 6.72. The molecule has 0 spiro atoms. The maximum atomic E-state index is 11.6. The van der Waals surface area contributed by atoms with Gasteiger partial charge >= 0.3 is 11.9 Å². The summed E-state index contributed by atoms with van der Waals surface area (Å²) in [6.07, 6.45) is 2.89. The zero-order chi connectivity index (χ0) is 15.2. The number of carboxylic acids is 1. The van der Waals surface area contributed by atoms with Gasteiger partial charge in [0, 0.05) is 11.1 Å². The summed E-state index contributed by atoms with van der Waals surface area (Å²) >= 11 is 5.76. The Balaban J connectivity index is 1.98. The highest BCUT2D eigenvalue weighted by molar-refractivity contribution is 6.30. The van der Waals surface area contributed by atoms with Crippen LogP contribution in [0.1, 0.15) is 15.9 Å². The first-order valence-corrected chi connectivity index (χ1v) is 6.41. The molecule has 0 unspecified atom stereocenters. The Morgan fingerprint density at radius 3 is 2.19 bits per heavy atom. The van der Waals surface area contributed by atoms with Gasteiger partial charge in [-0.05, 0) is 48.0 Å². The Bertz CT molecular complexity index is 672. The first-order chi connectivity index (χ1) is 10.0. The highest BCUT2D eigenvalue weighted by Gasteiger charge is 2.04. The minimum Gasteiger partial charge on any atom is -0.478 e. The highest BCUT2D eigenvalue weighted by atomic mass is 35.5. The fourth-order valence-electron chi connectivity index (χ4n) is 1.55. The minimum absolute atomic E-state index is 0.131. The number of halogens is 1. The number of carboxylic acid groups (broad SMARTS) is 1. The van der Waals surface area contributed by atoms with Gasteiger partial charge in [-0.15, -0.1) is 0 Å².